The summed E-state index contributed by atoms with van der Waals surface area (Å²) in [5.41, 5.74) is -3.58. The highest BCUT2D eigenvalue weighted by molar-refractivity contribution is 8.03. The number of hydrogen-bond donors (Lipinski definition) is 0. The standard InChI is InChI=1S/C11H11F3OS2/c1-8(15)9-3-2-4-10(7-9)16-5-6-17-11(12,13)14/h2-4,7H,5-6H2,1H3. The molecule has 0 aromatic heterocycles. The molecular weight excluding hydrogens is 269 g/mol. The Hall–Kier alpha value is -0.620. The fourth-order valence-electron chi connectivity index (χ4n) is 1.12. The number of thioether (sulfide) groups is 2. The first-order valence-electron chi connectivity index (χ1n) is 4.83. The van der Waals surface area contributed by atoms with E-state index in [1.165, 1.54) is 18.7 Å². The van der Waals surface area contributed by atoms with E-state index in [1.807, 2.05) is 0 Å². The Morgan fingerprint density at radius 3 is 2.59 bits per heavy atom. The Labute approximate surface area is 106 Å². The van der Waals surface area contributed by atoms with Crippen LogP contribution in [0.25, 0.3) is 0 Å². The normalized spacial score (nSPS) is 11.5. The molecule has 0 aliphatic carbocycles. The summed E-state index contributed by atoms with van der Waals surface area (Å²) in [5.74, 6) is 0.335. The van der Waals surface area contributed by atoms with Gasteiger partial charge in [0.15, 0.2) is 5.78 Å². The van der Waals surface area contributed by atoms with Crippen LogP contribution < -0.4 is 0 Å². The van der Waals surface area contributed by atoms with Crippen LogP contribution in [-0.4, -0.2) is 22.8 Å². The highest BCUT2D eigenvalue weighted by atomic mass is 32.2. The van der Waals surface area contributed by atoms with Gasteiger partial charge in [-0.3, -0.25) is 4.79 Å². The summed E-state index contributed by atoms with van der Waals surface area (Å²) < 4.78 is 35.6. The second kappa shape index (κ2) is 6.35. The molecule has 94 valence electrons. The molecule has 6 heteroatoms. The first-order valence-corrected chi connectivity index (χ1v) is 6.80. The number of carbonyl (C=O) groups excluding carboxylic acids is 1. The first-order chi connectivity index (χ1) is 7.88. The molecule has 1 aromatic carbocycles. The van der Waals surface area contributed by atoms with E-state index < -0.39 is 5.51 Å². The maximum absolute atomic E-state index is 11.9. The average molecular weight is 280 g/mol. The highest BCUT2D eigenvalue weighted by Crippen LogP contribution is 2.31. The van der Waals surface area contributed by atoms with Crippen LogP contribution >= 0.6 is 23.5 Å². The molecule has 0 radical (unpaired) electrons. The van der Waals surface area contributed by atoms with Crippen molar-refractivity contribution in [3.05, 3.63) is 29.8 Å². The Morgan fingerprint density at radius 1 is 1.29 bits per heavy atom. The zero-order valence-electron chi connectivity index (χ0n) is 9.08. The van der Waals surface area contributed by atoms with E-state index in [1.54, 1.807) is 24.3 Å². The second-order valence-electron chi connectivity index (χ2n) is 3.23. The number of halogens is 3. The topological polar surface area (TPSA) is 17.1 Å². The highest BCUT2D eigenvalue weighted by Gasteiger charge is 2.27. The van der Waals surface area contributed by atoms with Crippen molar-refractivity contribution in [3.63, 3.8) is 0 Å². The van der Waals surface area contributed by atoms with Gasteiger partial charge in [-0.05, 0) is 19.1 Å². The molecule has 0 spiro atoms. The van der Waals surface area contributed by atoms with Gasteiger partial charge in [-0.25, -0.2) is 0 Å². The zero-order valence-corrected chi connectivity index (χ0v) is 10.7. The lowest BCUT2D eigenvalue weighted by atomic mass is 10.2. The molecule has 0 fully saturated rings. The minimum atomic E-state index is -4.16. The van der Waals surface area contributed by atoms with Crippen LogP contribution in [0.3, 0.4) is 0 Å². The van der Waals surface area contributed by atoms with Crippen molar-refractivity contribution in [2.75, 3.05) is 11.5 Å². The quantitative estimate of drug-likeness (QED) is 0.456. The van der Waals surface area contributed by atoms with E-state index in [0.29, 0.717) is 11.3 Å². The molecule has 0 aliphatic rings. The Bertz CT molecular complexity index is 391. The van der Waals surface area contributed by atoms with Gasteiger partial charge in [0.05, 0.1) is 0 Å². The van der Waals surface area contributed by atoms with Crippen molar-refractivity contribution in [3.8, 4) is 0 Å². The fraction of sp³-hybridized carbons (Fsp3) is 0.364. The maximum atomic E-state index is 11.9. The molecule has 0 unspecified atom stereocenters. The molecule has 1 rings (SSSR count). The number of Topliss-reactive ketones (excluding diaryl/α,β-unsaturated/α-hetero) is 1. The monoisotopic (exact) mass is 280 g/mol. The molecule has 0 amide bonds. The summed E-state index contributed by atoms with van der Waals surface area (Å²) in [7, 11) is 0. The van der Waals surface area contributed by atoms with Gasteiger partial charge in [-0.2, -0.15) is 13.2 Å². The Kier molecular flexibility index (Phi) is 5.39. The van der Waals surface area contributed by atoms with Crippen LogP contribution in [0.2, 0.25) is 0 Å². The van der Waals surface area contributed by atoms with Crippen LogP contribution in [0, 0.1) is 0 Å². The number of rotatable bonds is 5. The van der Waals surface area contributed by atoms with Crippen LogP contribution in [0.1, 0.15) is 17.3 Å². The third-order valence-electron chi connectivity index (χ3n) is 1.86. The van der Waals surface area contributed by atoms with Crippen molar-refractivity contribution in [1.82, 2.24) is 0 Å². The largest absolute Gasteiger partial charge is 0.441 e. The lowest BCUT2D eigenvalue weighted by molar-refractivity contribution is -0.0326. The molecule has 1 aromatic rings. The summed E-state index contributed by atoms with van der Waals surface area (Å²) in [4.78, 5) is 11.9. The fourth-order valence-corrected chi connectivity index (χ4v) is 2.64. The van der Waals surface area contributed by atoms with Crippen molar-refractivity contribution < 1.29 is 18.0 Å². The minimum absolute atomic E-state index is 0.0124. The van der Waals surface area contributed by atoms with Crippen molar-refractivity contribution in [2.45, 2.75) is 17.3 Å². The van der Waals surface area contributed by atoms with E-state index in [0.717, 1.165) is 4.90 Å². The SMILES string of the molecule is CC(=O)c1cccc(SCCSC(F)(F)F)c1. The molecule has 0 saturated heterocycles. The average Bonchev–Trinajstić information content (AvgIpc) is 2.23. The van der Waals surface area contributed by atoms with Gasteiger partial charge < -0.3 is 0 Å². The number of hydrogen-bond acceptors (Lipinski definition) is 3. The lowest BCUT2D eigenvalue weighted by Crippen LogP contribution is -2.02. The number of ketones is 1. The predicted molar refractivity (Wildman–Crippen MR) is 65.7 cm³/mol. The lowest BCUT2D eigenvalue weighted by Gasteiger charge is -2.05. The first kappa shape index (κ1) is 14.4. The van der Waals surface area contributed by atoms with Crippen molar-refractivity contribution >= 4 is 29.3 Å². The van der Waals surface area contributed by atoms with Gasteiger partial charge in [0.25, 0.3) is 0 Å². The summed E-state index contributed by atoms with van der Waals surface area (Å²) >= 11 is 1.30. The zero-order chi connectivity index (χ0) is 12.9. The predicted octanol–water partition coefficient (Wildman–Crippen LogP) is 4.23. The molecule has 1 nitrogen and oxygen atoms in total. The van der Waals surface area contributed by atoms with E-state index in [2.05, 4.69) is 0 Å². The van der Waals surface area contributed by atoms with E-state index in [4.69, 9.17) is 0 Å². The number of benzene rings is 1. The second-order valence-corrected chi connectivity index (χ2v) is 5.55. The van der Waals surface area contributed by atoms with Crippen LogP contribution in [-0.2, 0) is 0 Å². The Morgan fingerprint density at radius 2 is 2.00 bits per heavy atom. The molecule has 0 saturated carbocycles. The van der Waals surface area contributed by atoms with Crippen molar-refractivity contribution in [2.24, 2.45) is 0 Å². The smallest absolute Gasteiger partial charge is 0.295 e. The minimum Gasteiger partial charge on any atom is -0.295 e. The maximum Gasteiger partial charge on any atom is 0.441 e. The molecule has 0 heterocycles. The third kappa shape index (κ3) is 6.02. The van der Waals surface area contributed by atoms with Gasteiger partial charge in [-0.1, -0.05) is 23.9 Å². The molecular formula is C11H11F3OS2. The summed E-state index contributed by atoms with van der Waals surface area (Å²) in [6, 6.07) is 6.91. The van der Waals surface area contributed by atoms with Crippen LogP contribution in [0.5, 0.6) is 0 Å². The summed E-state index contributed by atoms with van der Waals surface area (Å²) in [5, 5.41) is 0. The van der Waals surface area contributed by atoms with Crippen LogP contribution in [0.15, 0.2) is 29.2 Å². The number of alkyl halides is 3. The van der Waals surface area contributed by atoms with Crippen molar-refractivity contribution in [1.29, 1.82) is 0 Å². The van der Waals surface area contributed by atoms with Gasteiger partial charge >= 0.3 is 5.51 Å². The van der Waals surface area contributed by atoms with Gasteiger partial charge in [0, 0.05) is 22.0 Å². The molecule has 0 aliphatic heterocycles. The third-order valence-corrected chi connectivity index (χ3v) is 3.85. The molecule has 0 N–H and O–H groups in total. The Balaban J connectivity index is 2.42. The molecule has 17 heavy (non-hydrogen) atoms. The van der Waals surface area contributed by atoms with Gasteiger partial charge in [0.2, 0.25) is 0 Å². The molecule has 0 atom stereocenters. The molecule has 0 bridgehead atoms. The van der Waals surface area contributed by atoms with E-state index >= 15 is 0 Å². The van der Waals surface area contributed by atoms with Gasteiger partial charge in [-0.15, -0.1) is 11.8 Å². The summed E-state index contributed by atoms with van der Waals surface area (Å²) in [6.45, 7) is 1.46. The van der Waals surface area contributed by atoms with Crippen LogP contribution in [0.4, 0.5) is 13.2 Å². The van der Waals surface area contributed by atoms with Gasteiger partial charge in [0.1, 0.15) is 0 Å². The number of carbonyl (C=O) groups is 1. The summed E-state index contributed by atoms with van der Waals surface area (Å²) in [6.07, 6.45) is 0. The van der Waals surface area contributed by atoms with E-state index in [-0.39, 0.29) is 23.3 Å². The van der Waals surface area contributed by atoms with E-state index in [9.17, 15) is 18.0 Å².